The van der Waals surface area contributed by atoms with Gasteiger partial charge in [0, 0.05) is 11.1 Å². The summed E-state index contributed by atoms with van der Waals surface area (Å²) >= 11 is 1.36. The van der Waals surface area contributed by atoms with Crippen molar-refractivity contribution in [1.82, 2.24) is 9.88 Å². The maximum absolute atomic E-state index is 11.8. The molecule has 0 unspecified atom stereocenters. The lowest BCUT2D eigenvalue weighted by Crippen LogP contribution is -2.31. The van der Waals surface area contributed by atoms with Crippen LogP contribution in [0.5, 0.6) is 0 Å². The number of ether oxygens (including phenoxy) is 1. The summed E-state index contributed by atoms with van der Waals surface area (Å²) in [4.78, 5) is 13.2. The molecule has 0 aliphatic rings. The summed E-state index contributed by atoms with van der Waals surface area (Å²) in [5.74, 6) is 0. The van der Waals surface area contributed by atoms with Crippen LogP contribution in [-0.2, 0) is 17.8 Å². The summed E-state index contributed by atoms with van der Waals surface area (Å²) < 4.78 is 7.14. The van der Waals surface area contributed by atoms with E-state index < -0.39 is 11.7 Å². The Balaban J connectivity index is 1.72. The van der Waals surface area contributed by atoms with Gasteiger partial charge in [0.15, 0.2) is 4.80 Å². The van der Waals surface area contributed by atoms with E-state index in [1.165, 1.54) is 27.7 Å². The van der Waals surface area contributed by atoms with Crippen LogP contribution in [0.4, 0.5) is 4.79 Å². The SMILES string of the molecule is CC(C)(C)OC(=O)NCc1cn(Cc2cccc3ccccc23)c(=N)s1. The first-order chi connectivity index (χ1) is 12.3. The highest BCUT2D eigenvalue weighted by Gasteiger charge is 2.16. The molecule has 3 rings (SSSR count). The van der Waals surface area contributed by atoms with Crippen LogP contribution in [0, 0.1) is 5.41 Å². The number of rotatable bonds is 4. The van der Waals surface area contributed by atoms with E-state index in [9.17, 15) is 4.79 Å². The van der Waals surface area contributed by atoms with Crippen molar-refractivity contribution < 1.29 is 9.53 Å². The zero-order chi connectivity index (χ0) is 18.7. The molecule has 0 fully saturated rings. The smallest absolute Gasteiger partial charge is 0.407 e. The van der Waals surface area contributed by atoms with E-state index in [4.69, 9.17) is 10.1 Å². The van der Waals surface area contributed by atoms with Gasteiger partial charge in [0.2, 0.25) is 0 Å². The van der Waals surface area contributed by atoms with Gasteiger partial charge in [0.1, 0.15) is 5.60 Å². The normalized spacial score (nSPS) is 11.5. The van der Waals surface area contributed by atoms with Crippen LogP contribution < -0.4 is 10.1 Å². The third-order valence-corrected chi connectivity index (χ3v) is 4.75. The fourth-order valence-corrected chi connectivity index (χ4v) is 3.54. The number of fused-ring (bicyclic) bond motifs is 1. The van der Waals surface area contributed by atoms with Gasteiger partial charge >= 0.3 is 6.09 Å². The van der Waals surface area contributed by atoms with Crippen LogP contribution in [0.2, 0.25) is 0 Å². The number of carbonyl (C=O) groups is 1. The minimum atomic E-state index is -0.519. The van der Waals surface area contributed by atoms with Gasteiger partial charge in [-0.1, -0.05) is 42.5 Å². The zero-order valence-electron chi connectivity index (χ0n) is 15.2. The Bertz CT molecular complexity index is 977. The van der Waals surface area contributed by atoms with Gasteiger partial charge in [0.25, 0.3) is 0 Å². The number of hydrogen-bond donors (Lipinski definition) is 2. The predicted molar refractivity (Wildman–Crippen MR) is 104 cm³/mol. The number of alkyl carbamates (subject to hydrolysis) is 1. The standard InChI is InChI=1S/C20H23N3O2S/c1-20(2,3)25-19(24)22-11-16-13-23(18(21)26-16)12-15-9-6-8-14-7-4-5-10-17(14)15/h4-10,13,21H,11-12H2,1-3H3,(H,22,24). The number of hydrogen-bond acceptors (Lipinski definition) is 4. The molecule has 0 aliphatic heterocycles. The van der Waals surface area contributed by atoms with Crippen molar-refractivity contribution in [2.24, 2.45) is 0 Å². The largest absolute Gasteiger partial charge is 0.444 e. The van der Waals surface area contributed by atoms with Crippen LogP contribution in [0.15, 0.2) is 48.7 Å². The zero-order valence-corrected chi connectivity index (χ0v) is 16.0. The Morgan fingerprint density at radius 1 is 1.19 bits per heavy atom. The average Bonchev–Trinajstić information content (AvgIpc) is 2.92. The van der Waals surface area contributed by atoms with Gasteiger partial charge in [0.05, 0.1) is 13.1 Å². The monoisotopic (exact) mass is 369 g/mol. The molecule has 1 heterocycles. The molecule has 0 radical (unpaired) electrons. The first-order valence-corrected chi connectivity index (χ1v) is 9.31. The van der Waals surface area contributed by atoms with E-state index in [0.29, 0.717) is 17.9 Å². The second-order valence-corrected chi connectivity index (χ2v) is 8.24. The predicted octanol–water partition coefficient (Wildman–Crippen LogP) is 4.26. The third kappa shape index (κ3) is 4.52. The first-order valence-electron chi connectivity index (χ1n) is 8.49. The van der Waals surface area contributed by atoms with E-state index >= 15 is 0 Å². The second-order valence-electron chi connectivity index (χ2n) is 7.12. The maximum atomic E-state index is 11.8. The lowest BCUT2D eigenvalue weighted by Gasteiger charge is -2.19. The lowest BCUT2D eigenvalue weighted by atomic mass is 10.0. The van der Waals surface area contributed by atoms with Gasteiger partial charge in [-0.05, 0) is 37.1 Å². The fourth-order valence-electron chi connectivity index (χ4n) is 2.73. The Kier molecular flexibility index (Phi) is 5.13. The summed E-state index contributed by atoms with van der Waals surface area (Å²) in [6, 6.07) is 14.5. The van der Waals surface area contributed by atoms with Crippen molar-refractivity contribution in [2.45, 2.75) is 39.5 Å². The quantitative estimate of drug-likeness (QED) is 0.722. The minimum absolute atomic E-state index is 0.355. The number of carbonyl (C=O) groups excluding carboxylic acids is 1. The van der Waals surface area contributed by atoms with Crippen molar-refractivity contribution in [2.75, 3.05) is 0 Å². The Morgan fingerprint density at radius 2 is 1.92 bits per heavy atom. The fraction of sp³-hybridized carbons (Fsp3) is 0.300. The van der Waals surface area contributed by atoms with Gasteiger partial charge < -0.3 is 14.6 Å². The molecule has 0 aliphatic carbocycles. The van der Waals surface area contributed by atoms with E-state index in [0.717, 1.165) is 4.88 Å². The highest BCUT2D eigenvalue weighted by atomic mass is 32.1. The molecule has 0 saturated heterocycles. The molecule has 6 heteroatoms. The lowest BCUT2D eigenvalue weighted by molar-refractivity contribution is 0.0524. The number of nitrogens with one attached hydrogen (secondary N) is 2. The highest BCUT2D eigenvalue weighted by Crippen LogP contribution is 2.19. The Hall–Kier alpha value is -2.60. The summed E-state index contributed by atoms with van der Waals surface area (Å²) in [5.41, 5.74) is 0.653. The second kappa shape index (κ2) is 7.33. The number of thiazole rings is 1. The van der Waals surface area contributed by atoms with Gasteiger partial charge in [-0.25, -0.2) is 4.79 Å². The minimum Gasteiger partial charge on any atom is -0.444 e. The molecule has 0 saturated carbocycles. The maximum Gasteiger partial charge on any atom is 0.407 e. The molecule has 0 atom stereocenters. The molecule has 0 spiro atoms. The van der Waals surface area contributed by atoms with Crippen molar-refractivity contribution in [1.29, 1.82) is 5.41 Å². The number of amides is 1. The Morgan fingerprint density at radius 3 is 2.69 bits per heavy atom. The molecule has 2 aromatic carbocycles. The van der Waals surface area contributed by atoms with Crippen molar-refractivity contribution >= 4 is 28.2 Å². The molecule has 1 amide bonds. The van der Waals surface area contributed by atoms with Crippen molar-refractivity contribution in [3.8, 4) is 0 Å². The van der Waals surface area contributed by atoms with Crippen molar-refractivity contribution in [3.63, 3.8) is 0 Å². The summed E-state index contributed by atoms with van der Waals surface area (Å²) in [6.07, 6.45) is 1.48. The number of aromatic nitrogens is 1. The van der Waals surface area contributed by atoms with Crippen LogP contribution in [0.1, 0.15) is 31.2 Å². The molecule has 1 aromatic heterocycles. The molecule has 0 bridgehead atoms. The molecule has 5 nitrogen and oxygen atoms in total. The average molecular weight is 369 g/mol. The molecule has 136 valence electrons. The summed E-state index contributed by atoms with van der Waals surface area (Å²) in [7, 11) is 0. The van der Waals surface area contributed by atoms with Gasteiger partial charge in [-0.2, -0.15) is 0 Å². The van der Waals surface area contributed by atoms with E-state index in [1.54, 1.807) is 0 Å². The van der Waals surface area contributed by atoms with Crippen LogP contribution >= 0.6 is 11.3 Å². The van der Waals surface area contributed by atoms with Crippen LogP contribution in [-0.4, -0.2) is 16.3 Å². The Labute approximate surface area is 156 Å². The summed E-state index contributed by atoms with van der Waals surface area (Å²) in [5, 5.41) is 13.3. The molecule has 26 heavy (non-hydrogen) atoms. The van der Waals surface area contributed by atoms with Gasteiger partial charge in [-0.3, -0.25) is 5.41 Å². The molecule has 3 aromatic rings. The van der Waals surface area contributed by atoms with E-state index in [2.05, 4.69) is 29.6 Å². The van der Waals surface area contributed by atoms with E-state index in [1.807, 2.05) is 49.7 Å². The third-order valence-electron chi connectivity index (χ3n) is 3.81. The highest BCUT2D eigenvalue weighted by molar-refractivity contribution is 7.09. The number of benzene rings is 2. The molecular weight excluding hydrogens is 346 g/mol. The molecular formula is C20H23N3O2S. The van der Waals surface area contributed by atoms with Crippen LogP contribution in [0.3, 0.4) is 0 Å². The topological polar surface area (TPSA) is 67.1 Å². The molecule has 2 N–H and O–H groups in total. The van der Waals surface area contributed by atoms with Gasteiger partial charge in [-0.15, -0.1) is 11.3 Å². The first kappa shape index (κ1) is 18.2. The van der Waals surface area contributed by atoms with Crippen LogP contribution in [0.25, 0.3) is 10.8 Å². The van der Waals surface area contributed by atoms with Crippen molar-refractivity contribution in [3.05, 3.63) is 63.9 Å². The van der Waals surface area contributed by atoms with E-state index in [-0.39, 0.29) is 0 Å². The summed E-state index contributed by atoms with van der Waals surface area (Å²) in [6.45, 7) is 6.48. The number of nitrogens with zero attached hydrogens (tertiary/aromatic N) is 1.